The summed E-state index contributed by atoms with van der Waals surface area (Å²) in [5.41, 5.74) is 1.06. The molecule has 4 rings (SSSR count). The highest BCUT2D eigenvalue weighted by Crippen LogP contribution is 2.43. The van der Waals surface area contributed by atoms with Crippen LogP contribution in [0.3, 0.4) is 0 Å². The van der Waals surface area contributed by atoms with Crippen molar-refractivity contribution in [2.45, 2.75) is 94.9 Å². The van der Waals surface area contributed by atoms with E-state index in [0.29, 0.717) is 48.7 Å². The average molecular weight is 711 g/mol. The maximum absolute atomic E-state index is 13.3. The molecule has 0 saturated heterocycles. The second-order valence-electron chi connectivity index (χ2n) is 17.3. The van der Waals surface area contributed by atoms with Crippen LogP contribution in [-0.4, -0.2) is 36.3 Å². The van der Waals surface area contributed by atoms with Crippen LogP contribution in [0.25, 0.3) is 0 Å². The Balaban J connectivity index is 1.20. The lowest BCUT2D eigenvalue weighted by Gasteiger charge is -2.39. The van der Waals surface area contributed by atoms with Gasteiger partial charge in [-0.1, -0.05) is 93.5 Å². The Kier molecular flexibility index (Phi) is 13.7. The lowest BCUT2D eigenvalue weighted by atomic mass is 9.64. The van der Waals surface area contributed by atoms with Gasteiger partial charge in [0.1, 0.15) is 36.3 Å². The summed E-state index contributed by atoms with van der Waals surface area (Å²) in [5.74, 6) is 1.52. The van der Waals surface area contributed by atoms with Crippen LogP contribution in [0.5, 0.6) is 11.5 Å². The molecule has 2 aliphatic rings. The minimum absolute atomic E-state index is 0.0285. The van der Waals surface area contributed by atoms with Crippen molar-refractivity contribution in [2.75, 3.05) is 13.2 Å². The number of carbonyl (C=O) groups excluding carboxylic acids is 4. The number of rotatable bonds is 17. The van der Waals surface area contributed by atoms with E-state index in [0.717, 1.165) is 12.8 Å². The van der Waals surface area contributed by atoms with E-state index >= 15 is 0 Å². The number of benzene rings is 2. The third-order valence-electron chi connectivity index (χ3n) is 12.1. The van der Waals surface area contributed by atoms with Crippen molar-refractivity contribution in [1.29, 1.82) is 0 Å². The van der Waals surface area contributed by atoms with Crippen LogP contribution in [0.2, 0.25) is 0 Å². The fraction of sp³-hybridized carbons (Fsp3) is 0.565. The van der Waals surface area contributed by atoms with Gasteiger partial charge in [-0.2, -0.15) is 0 Å². The standard InChI is InChI=1S/C46H62O6/c1-29-13-11-23-45(7,8)41(29)39(47)27-31(3)33(5)43(49)35-15-19-37(20-16-35)51-25-26-52-38-21-17-36(18-22-38)44(50)34(6)32(4)28-40(48)42-30(2)14-12-24-46(42,9)10/h11-22,29-34,41-42H,23-28H2,1-10H3/t29?,30?,31-,32-,33+,34+,41?,42?/m0/s1. The van der Waals surface area contributed by atoms with E-state index in [1.165, 1.54) is 0 Å². The number of ketones is 4. The molecule has 0 saturated carbocycles. The maximum Gasteiger partial charge on any atom is 0.165 e. The molecule has 0 aromatic heterocycles. The third kappa shape index (κ3) is 9.99. The molecule has 2 aromatic carbocycles. The molecule has 0 N–H and O–H groups in total. The smallest absolute Gasteiger partial charge is 0.165 e. The fourth-order valence-corrected chi connectivity index (χ4v) is 8.57. The van der Waals surface area contributed by atoms with Crippen molar-refractivity contribution in [3.05, 3.63) is 84.0 Å². The van der Waals surface area contributed by atoms with Crippen molar-refractivity contribution < 1.29 is 28.7 Å². The number of ether oxygens (including phenoxy) is 2. The maximum atomic E-state index is 13.3. The van der Waals surface area contributed by atoms with E-state index < -0.39 is 0 Å². The lowest BCUT2D eigenvalue weighted by Crippen LogP contribution is -2.38. The van der Waals surface area contributed by atoms with Gasteiger partial charge in [0.25, 0.3) is 0 Å². The molecule has 0 spiro atoms. The topological polar surface area (TPSA) is 86.7 Å². The Morgan fingerprint density at radius 3 is 1.23 bits per heavy atom. The molecule has 4 unspecified atom stereocenters. The van der Waals surface area contributed by atoms with Crippen LogP contribution in [0.15, 0.2) is 72.8 Å². The Labute approximate surface area is 312 Å². The predicted molar refractivity (Wildman–Crippen MR) is 209 cm³/mol. The third-order valence-corrected chi connectivity index (χ3v) is 12.1. The van der Waals surface area contributed by atoms with Gasteiger partial charge in [0.05, 0.1) is 0 Å². The SMILES string of the molecule is CC1C=CCC(C)(C)C1C(=O)C[C@H](C)[C@@H](C)C(=O)c1ccc(OCCOc2ccc(C(=O)[C@H](C)[C@@H](C)CC(=O)C3C(C)C=CCC3(C)C)cc2)cc1. The van der Waals surface area contributed by atoms with E-state index in [2.05, 4.69) is 65.8 Å². The quantitative estimate of drug-likeness (QED) is 0.0923. The second kappa shape index (κ2) is 17.4. The van der Waals surface area contributed by atoms with Gasteiger partial charge < -0.3 is 9.47 Å². The molecule has 8 atom stereocenters. The second-order valence-corrected chi connectivity index (χ2v) is 17.3. The number of hydrogen-bond donors (Lipinski definition) is 0. The van der Waals surface area contributed by atoms with Gasteiger partial charge in [0, 0.05) is 47.6 Å². The Morgan fingerprint density at radius 2 is 0.923 bits per heavy atom. The van der Waals surface area contributed by atoms with Crippen molar-refractivity contribution in [1.82, 2.24) is 0 Å². The minimum atomic E-state index is -0.278. The van der Waals surface area contributed by atoms with Crippen molar-refractivity contribution >= 4 is 23.1 Å². The molecule has 0 bridgehead atoms. The largest absolute Gasteiger partial charge is 0.490 e. The van der Waals surface area contributed by atoms with Crippen molar-refractivity contribution in [3.8, 4) is 11.5 Å². The zero-order valence-corrected chi connectivity index (χ0v) is 33.2. The van der Waals surface area contributed by atoms with E-state index in [4.69, 9.17) is 9.47 Å². The first-order valence-electron chi connectivity index (χ1n) is 19.4. The van der Waals surface area contributed by atoms with Gasteiger partial charge in [-0.15, -0.1) is 0 Å². The highest BCUT2D eigenvalue weighted by molar-refractivity contribution is 5.99. The summed E-state index contributed by atoms with van der Waals surface area (Å²) >= 11 is 0. The molecule has 6 heteroatoms. The molecule has 282 valence electrons. The van der Waals surface area contributed by atoms with Crippen molar-refractivity contribution in [3.63, 3.8) is 0 Å². The summed E-state index contributed by atoms with van der Waals surface area (Å²) < 4.78 is 11.7. The van der Waals surface area contributed by atoms with Crippen LogP contribution in [0, 0.1) is 58.2 Å². The molecule has 0 fully saturated rings. The fourth-order valence-electron chi connectivity index (χ4n) is 8.57. The summed E-state index contributed by atoms with van der Waals surface area (Å²) in [6, 6.07) is 14.3. The molecular weight excluding hydrogens is 648 g/mol. The van der Waals surface area contributed by atoms with Gasteiger partial charge >= 0.3 is 0 Å². The number of allylic oxidation sites excluding steroid dienone is 4. The monoisotopic (exact) mass is 710 g/mol. The summed E-state index contributed by atoms with van der Waals surface area (Å²) in [4.78, 5) is 53.3. The molecule has 0 aliphatic heterocycles. The number of Topliss-reactive ketones (excluding diaryl/α,β-unsaturated/α-hetero) is 4. The Morgan fingerprint density at radius 1 is 0.596 bits per heavy atom. The number of carbonyl (C=O) groups is 4. The van der Waals surface area contributed by atoms with Gasteiger partial charge in [-0.05, 0) is 95.9 Å². The predicted octanol–water partition coefficient (Wildman–Crippen LogP) is 10.4. The average Bonchev–Trinajstić information content (AvgIpc) is 3.08. The molecule has 0 radical (unpaired) electrons. The van der Waals surface area contributed by atoms with Gasteiger partial charge in [-0.3, -0.25) is 19.2 Å². The summed E-state index contributed by atoms with van der Waals surface area (Å²) in [5, 5.41) is 0. The summed E-state index contributed by atoms with van der Waals surface area (Å²) in [6.45, 7) is 21.3. The van der Waals surface area contributed by atoms with Gasteiger partial charge in [-0.25, -0.2) is 0 Å². The van der Waals surface area contributed by atoms with Crippen molar-refractivity contribution in [2.24, 2.45) is 58.2 Å². The molecule has 0 amide bonds. The van der Waals surface area contributed by atoms with E-state index in [1.54, 1.807) is 48.5 Å². The summed E-state index contributed by atoms with van der Waals surface area (Å²) in [6.07, 6.45) is 11.3. The van der Waals surface area contributed by atoms with Gasteiger partial charge in [0.15, 0.2) is 11.6 Å². The van der Waals surface area contributed by atoms with E-state index in [9.17, 15) is 19.2 Å². The van der Waals surface area contributed by atoms with Crippen LogP contribution < -0.4 is 9.47 Å². The van der Waals surface area contributed by atoms with E-state index in [1.807, 2.05) is 27.7 Å². The molecule has 6 nitrogen and oxygen atoms in total. The lowest BCUT2D eigenvalue weighted by molar-refractivity contribution is -0.130. The zero-order valence-electron chi connectivity index (χ0n) is 33.2. The number of hydrogen-bond acceptors (Lipinski definition) is 6. The zero-order chi connectivity index (χ0) is 38.4. The first-order chi connectivity index (χ1) is 24.4. The van der Waals surface area contributed by atoms with Gasteiger partial charge in [0.2, 0.25) is 0 Å². The first kappa shape index (κ1) is 41.0. The molecular formula is C46H62O6. The first-order valence-corrected chi connectivity index (χ1v) is 19.4. The summed E-state index contributed by atoms with van der Waals surface area (Å²) in [7, 11) is 0. The van der Waals surface area contributed by atoms with Crippen LogP contribution in [0.1, 0.15) is 116 Å². The molecule has 52 heavy (non-hydrogen) atoms. The minimum Gasteiger partial charge on any atom is -0.490 e. The Bertz CT molecular complexity index is 1490. The normalized spacial score (nSPS) is 24.3. The Hall–Kier alpha value is -3.80. The molecule has 2 aromatic rings. The van der Waals surface area contributed by atoms with Crippen LogP contribution in [0.4, 0.5) is 0 Å². The highest BCUT2D eigenvalue weighted by atomic mass is 16.5. The van der Waals surface area contributed by atoms with Crippen LogP contribution >= 0.6 is 0 Å². The molecule has 2 aliphatic carbocycles. The van der Waals surface area contributed by atoms with Crippen LogP contribution in [-0.2, 0) is 9.59 Å². The van der Waals surface area contributed by atoms with E-state index in [-0.39, 0.29) is 81.3 Å². The molecule has 0 heterocycles. The highest BCUT2D eigenvalue weighted by Gasteiger charge is 2.41.